The summed E-state index contributed by atoms with van der Waals surface area (Å²) in [5.41, 5.74) is 4.93. The third-order valence-electron chi connectivity index (χ3n) is 3.48. The maximum atomic E-state index is 5.94. The van der Waals surface area contributed by atoms with Crippen LogP contribution in [0, 0.1) is 13.8 Å². The smallest absolute Gasteiger partial charge is 0.484 e. The second-order valence-corrected chi connectivity index (χ2v) is 4.80. The van der Waals surface area contributed by atoms with E-state index in [1.54, 1.807) is 0 Å². The van der Waals surface area contributed by atoms with Gasteiger partial charge in [0.25, 0.3) is 0 Å². The van der Waals surface area contributed by atoms with Gasteiger partial charge in [0.1, 0.15) is 5.75 Å². The molecule has 2 aromatic rings. The second-order valence-electron chi connectivity index (χ2n) is 4.80. The monoisotopic (exact) mass is 237 g/mol. The van der Waals surface area contributed by atoms with Crippen molar-refractivity contribution in [1.29, 1.82) is 0 Å². The van der Waals surface area contributed by atoms with E-state index in [0.717, 1.165) is 5.75 Å². The molecule has 3 heteroatoms. The van der Waals surface area contributed by atoms with Crippen LogP contribution in [0.25, 0.3) is 0 Å². The van der Waals surface area contributed by atoms with Crippen LogP contribution in [-0.2, 0) is 0 Å². The van der Waals surface area contributed by atoms with Gasteiger partial charge in [-0.1, -0.05) is 30.3 Å². The highest BCUT2D eigenvalue weighted by Gasteiger charge is 2.35. The van der Waals surface area contributed by atoms with Gasteiger partial charge in [-0.15, -0.1) is 0 Å². The van der Waals surface area contributed by atoms with Gasteiger partial charge in [-0.2, -0.15) is 0 Å². The maximum Gasteiger partial charge on any atom is 0.484 e. The van der Waals surface area contributed by atoms with Gasteiger partial charge in [-0.25, -0.2) is 0 Å². The highest BCUT2D eigenvalue weighted by molar-refractivity contribution is 6.60. The van der Waals surface area contributed by atoms with Crippen LogP contribution in [0.15, 0.2) is 42.5 Å². The zero-order valence-corrected chi connectivity index (χ0v) is 11.0. The summed E-state index contributed by atoms with van der Waals surface area (Å²) in [6, 6.07) is 14.6. The van der Waals surface area contributed by atoms with Gasteiger partial charge < -0.3 is 9.47 Å². The Morgan fingerprint density at radius 2 is 1.67 bits per heavy atom. The molecule has 0 unspecified atom stereocenters. The standard InChI is InChI=1S/C15H16BNO/c1-11-7-4-5-9-13(11)17-15-12(2)8-6-10-14(15)18-16(17)3/h4-10H,1-3H3. The minimum absolute atomic E-state index is 0.0437. The number of benzene rings is 2. The Morgan fingerprint density at radius 3 is 2.44 bits per heavy atom. The highest BCUT2D eigenvalue weighted by Crippen LogP contribution is 2.43. The molecule has 0 aromatic heterocycles. The molecule has 0 spiro atoms. The van der Waals surface area contributed by atoms with Crippen LogP contribution in [0.2, 0.25) is 6.82 Å². The van der Waals surface area contributed by atoms with Gasteiger partial charge in [0.2, 0.25) is 0 Å². The number of para-hydroxylation sites is 2. The van der Waals surface area contributed by atoms with Crippen molar-refractivity contribution in [3.63, 3.8) is 0 Å². The lowest BCUT2D eigenvalue weighted by molar-refractivity contribution is 0.597. The lowest BCUT2D eigenvalue weighted by atomic mass is 9.83. The number of hydrogen-bond donors (Lipinski definition) is 0. The number of hydrogen-bond acceptors (Lipinski definition) is 2. The van der Waals surface area contributed by atoms with E-state index in [0.29, 0.717) is 0 Å². The Hall–Kier alpha value is -1.90. The molecule has 0 fully saturated rings. The first-order chi connectivity index (χ1) is 8.68. The minimum Gasteiger partial charge on any atom is -0.540 e. The molecule has 0 bridgehead atoms. The average Bonchev–Trinajstić information content (AvgIpc) is 2.68. The molecule has 0 saturated heterocycles. The summed E-state index contributed by atoms with van der Waals surface area (Å²) in [5.74, 6) is 0.978. The molecule has 0 N–H and O–H groups in total. The number of nitrogens with zero attached hydrogens (tertiary/aromatic N) is 1. The SMILES string of the molecule is CB1Oc2cccc(C)c2N1c1ccccc1C. The van der Waals surface area contributed by atoms with E-state index in [4.69, 9.17) is 4.65 Å². The Balaban J connectivity index is 2.18. The van der Waals surface area contributed by atoms with Gasteiger partial charge in [0, 0.05) is 5.69 Å². The fourth-order valence-electron chi connectivity index (χ4n) is 2.60. The molecule has 1 heterocycles. The van der Waals surface area contributed by atoms with Crippen molar-refractivity contribution < 1.29 is 4.65 Å². The van der Waals surface area contributed by atoms with Crippen LogP contribution in [0.1, 0.15) is 11.1 Å². The fraction of sp³-hybridized carbons (Fsp3) is 0.200. The van der Waals surface area contributed by atoms with Crippen LogP contribution in [0.3, 0.4) is 0 Å². The van der Waals surface area contributed by atoms with Crippen LogP contribution in [0.5, 0.6) is 5.75 Å². The molecule has 1 aliphatic rings. The van der Waals surface area contributed by atoms with E-state index in [9.17, 15) is 0 Å². The molecule has 2 nitrogen and oxygen atoms in total. The Kier molecular flexibility index (Phi) is 2.55. The van der Waals surface area contributed by atoms with Gasteiger partial charge in [-0.3, -0.25) is 0 Å². The van der Waals surface area contributed by atoms with Crippen LogP contribution >= 0.6 is 0 Å². The summed E-state index contributed by atoms with van der Waals surface area (Å²) in [5, 5.41) is 0. The molecule has 18 heavy (non-hydrogen) atoms. The molecule has 2 aromatic carbocycles. The van der Waals surface area contributed by atoms with E-state index in [2.05, 4.69) is 55.8 Å². The predicted octanol–water partition coefficient (Wildman–Crippen LogP) is 3.95. The summed E-state index contributed by atoms with van der Waals surface area (Å²) in [6.45, 7) is 6.36. The van der Waals surface area contributed by atoms with E-state index in [-0.39, 0.29) is 7.05 Å². The summed E-state index contributed by atoms with van der Waals surface area (Å²) in [6.07, 6.45) is 0. The summed E-state index contributed by atoms with van der Waals surface area (Å²) in [7, 11) is 0.0437. The van der Waals surface area contributed by atoms with Crippen LogP contribution in [-0.4, -0.2) is 7.05 Å². The zero-order valence-electron chi connectivity index (χ0n) is 11.0. The van der Waals surface area contributed by atoms with Crippen molar-refractivity contribution >= 4 is 18.4 Å². The van der Waals surface area contributed by atoms with Crippen molar-refractivity contribution in [1.82, 2.24) is 0 Å². The quantitative estimate of drug-likeness (QED) is 0.696. The second kappa shape index (κ2) is 4.09. The maximum absolute atomic E-state index is 5.94. The summed E-state index contributed by atoms with van der Waals surface area (Å²) >= 11 is 0. The van der Waals surface area contributed by atoms with Gasteiger partial charge >= 0.3 is 7.05 Å². The Morgan fingerprint density at radius 1 is 0.944 bits per heavy atom. The Labute approximate surface area is 108 Å². The van der Waals surface area contributed by atoms with Crippen LogP contribution in [0.4, 0.5) is 11.4 Å². The number of fused-ring (bicyclic) bond motifs is 1. The predicted molar refractivity (Wildman–Crippen MR) is 76.7 cm³/mol. The third-order valence-corrected chi connectivity index (χ3v) is 3.48. The lowest BCUT2D eigenvalue weighted by Gasteiger charge is -2.23. The molecule has 3 rings (SSSR count). The largest absolute Gasteiger partial charge is 0.540 e. The van der Waals surface area contributed by atoms with Gasteiger partial charge in [0.05, 0.1) is 5.69 Å². The first-order valence-electron chi connectivity index (χ1n) is 6.29. The van der Waals surface area contributed by atoms with Crippen molar-refractivity contribution in [3.8, 4) is 5.75 Å². The Bertz CT molecular complexity index is 597. The van der Waals surface area contributed by atoms with E-state index < -0.39 is 0 Å². The summed E-state index contributed by atoms with van der Waals surface area (Å²) < 4.78 is 5.94. The first kappa shape index (κ1) is 11.2. The molecule has 0 aliphatic carbocycles. The zero-order chi connectivity index (χ0) is 12.7. The fourth-order valence-corrected chi connectivity index (χ4v) is 2.60. The molecular formula is C15H16BNO. The number of rotatable bonds is 1. The number of aryl methyl sites for hydroxylation is 2. The van der Waals surface area contributed by atoms with Crippen LogP contribution < -0.4 is 9.47 Å². The number of anilines is 2. The average molecular weight is 237 g/mol. The van der Waals surface area contributed by atoms with Crippen molar-refractivity contribution in [2.45, 2.75) is 20.7 Å². The van der Waals surface area contributed by atoms with E-state index >= 15 is 0 Å². The van der Waals surface area contributed by atoms with Crippen molar-refractivity contribution in [3.05, 3.63) is 53.6 Å². The topological polar surface area (TPSA) is 12.5 Å². The van der Waals surface area contributed by atoms with E-state index in [1.807, 2.05) is 12.1 Å². The van der Waals surface area contributed by atoms with Gasteiger partial charge in [-0.05, 0) is 43.9 Å². The molecule has 0 saturated carbocycles. The molecule has 0 atom stereocenters. The lowest BCUT2D eigenvalue weighted by Crippen LogP contribution is -2.33. The molecule has 90 valence electrons. The van der Waals surface area contributed by atoms with Crippen molar-refractivity contribution in [2.24, 2.45) is 0 Å². The first-order valence-corrected chi connectivity index (χ1v) is 6.29. The molecular weight excluding hydrogens is 221 g/mol. The third kappa shape index (κ3) is 1.58. The van der Waals surface area contributed by atoms with Gasteiger partial charge in [0.15, 0.2) is 0 Å². The highest BCUT2D eigenvalue weighted by atomic mass is 16.5. The molecule has 1 aliphatic heterocycles. The van der Waals surface area contributed by atoms with Crippen molar-refractivity contribution in [2.75, 3.05) is 4.81 Å². The summed E-state index contributed by atoms with van der Waals surface area (Å²) in [4.78, 5) is 2.28. The molecule has 0 amide bonds. The minimum atomic E-state index is 0.0437. The molecule has 0 radical (unpaired) electrons. The van der Waals surface area contributed by atoms with E-state index in [1.165, 1.54) is 22.5 Å². The normalized spacial score (nSPS) is 13.5.